The highest BCUT2D eigenvalue weighted by atomic mass is 32.2. The Bertz CT molecular complexity index is 622. The molecular formula is C15H24N2O3S2. The van der Waals surface area contributed by atoms with E-state index in [1.54, 1.807) is 4.90 Å². The van der Waals surface area contributed by atoms with Gasteiger partial charge in [-0.15, -0.1) is 0 Å². The number of rotatable bonds is 6. The number of amides is 1. The third kappa shape index (κ3) is 4.30. The summed E-state index contributed by atoms with van der Waals surface area (Å²) in [4.78, 5) is 16.7. The molecule has 1 atom stereocenters. The van der Waals surface area contributed by atoms with Crippen molar-refractivity contribution in [2.24, 2.45) is 0 Å². The Kier molecular flexibility index (Phi) is 5.63. The Labute approximate surface area is 136 Å². The van der Waals surface area contributed by atoms with E-state index in [0.29, 0.717) is 18.5 Å². The van der Waals surface area contributed by atoms with Crippen molar-refractivity contribution in [3.8, 4) is 0 Å². The van der Waals surface area contributed by atoms with Gasteiger partial charge in [0.15, 0.2) is 9.84 Å². The predicted octanol–water partition coefficient (Wildman–Crippen LogP) is 1.64. The molecule has 1 fully saturated rings. The van der Waals surface area contributed by atoms with Crippen molar-refractivity contribution in [2.45, 2.75) is 25.8 Å². The lowest BCUT2D eigenvalue weighted by atomic mass is 10.1. The van der Waals surface area contributed by atoms with Crippen LogP contribution in [0.1, 0.15) is 28.8 Å². The molecule has 2 heterocycles. The van der Waals surface area contributed by atoms with E-state index in [4.69, 9.17) is 0 Å². The number of aryl methyl sites for hydroxylation is 1. The Morgan fingerprint density at radius 2 is 2.05 bits per heavy atom. The van der Waals surface area contributed by atoms with Crippen LogP contribution in [0.5, 0.6) is 0 Å². The van der Waals surface area contributed by atoms with E-state index in [0.717, 1.165) is 18.5 Å². The van der Waals surface area contributed by atoms with E-state index in [9.17, 15) is 13.2 Å². The molecule has 7 heteroatoms. The molecule has 0 saturated carbocycles. The maximum atomic E-state index is 12.8. The first-order valence-electron chi connectivity index (χ1n) is 7.49. The minimum absolute atomic E-state index is 0.0281. The lowest BCUT2D eigenvalue weighted by Gasteiger charge is -2.29. The molecule has 1 aliphatic heterocycles. The zero-order chi connectivity index (χ0) is 16.3. The van der Waals surface area contributed by atoms with Crippen LogP contribution in [0.4, 0.5) is 0 Å². The molecule has 0 radical (unpaired) electrons. The molecule has 124 valence electrons. The van der Waals surface area contributed by atoms with Crippen LogP contribution in [-0.4, -0.2) is 68.9 Å². The largest absolute Gasteiger partial charge is 0.335 e. The minimum atomic E-state index is -3.00. The summed E-state index contributed by atoms with van der Waals surface area (Å²) >= 11 is 1.51. The zero-order valence-corrected chi connectivity index (χ0v) is 15.0. The summed E-state index contributed by atoms with van der Waals surface area (Å²) in [6.07, 6.45) is 1.40. The van der Waals surface area contributed by atoms with E-state index >= 15 is 0 Å². The number of sulfone groups is 1. The van der Waals surface area contributed by atoms with Gasteiger partial charge in [0.1, 0.15) is 0 Å². The van der Waals surface area contributed by atoms with Crippen molar-refractivity contribution in [1.82, 2.24) is 9.80 Å². The lowest BCUT2D eigenvalue weighted by Crippen LogP contribution is -2.42. The van der Waals surface area contributed by atoms with Crippen molar-refractivity contribution in [3.63, 3.8) is 0 Å². The summed E-state index contributed by atoms with van der Waals surface area (Å²) in [7, 11) is 0.994. The maximum absolute atomic E-state index is 12.8. The molecule has 0 aliphatic carbocycles. The highest BCUT2D eigenvalue weighted by Gasteiger charge is 2.35. The van der Waals surface area contributed by atoms with E-state index in [-0.39, 0.29) is 23.5 Å². The number of hydrogen-bond acceptors (Lipinski definition) is 5. The van der Waals surface area contributed by atoms with Crippen LogP contribution in [0, 0.1) is 6.92 Å². The quantitative estimate of drug-likeness (QED) is 0.787. The van der Waals surface area contributed by atoms with Crippen LogP contribution >= 0.6 is 11.3 Å². The van der Waals surface area contributed by atoms with Gasteiger partial charge in [-0.1, -0.05) is 0 Å². The van der Waals surface area contributed by atoms with Crippen molar-refractivity contribution in [3.05, 3.63) is 21.9 Å². The molecule has 0 aromatic carbocycles. The van der Waals surface area contributed by atoms with Gasteiger partial charge in [0.2, 0.25) is 0 Å². The number of carbonyl (C=O) groups excluding carboxylic acids is 1. The van der Waals surface area contributed by atoms with Gasteiger partial charge in [-0.3, -0.25) is 4.79 Å². The van der Waals surface area contributed by atoms with Crippen molar-refractivity contribution in [2.75, 3.05) is 38.7 Å². The first kappa shape index (κ1) is 17.4. The smallest absolute Gasteiger partial charge is 0.255 e. The summed E-state index contributed by atoms with van der Waals surface area (Å²) in [5.41, 5.74) is 1.67. The average molecular weight is 345 g/mol. The Hall–Kier alpha value is -0.920. The van der Waals surface area contributed by atoms with Gasteiger partial charge in [-0.2, -0.15) is 11.3 Å². The fourth-order valence-electron chi connectivity index (χ4n) is 2.76. The molecular weight excluding hydrogens is 320 g/mol. The second-order valence-electron chi connectivity index (χ2n) is 6.18. The molecule has 1 saturated heterocycles. The average Bonchev–Trinajstić information content (AvgIpc) is 2.99. The molecule has 0 spiro atoms. The van der Waals surface area contributed by atoms with Gasteiger partial charge in [-0.05, 0) is 51.3 Å². The van der Waals surface area contributed by atoms with Crippen LogP contribution in [0.3, 0.4) is 0 Å². The fraction of sp³-hybridized carbons (Fsp3) is 0.667. The molecule has 22 heavy (non-hydrogen) atoms. The molecule has 1 amide bonds. The maximum Gasteiger partial charge on any atom is 0.255 e. The third-order valence-electron chi connectivity index (χ3n) is 4.00. The third-order valence-corrected chi connectivity index (χ3v) is 6.61. The van der Waals surface area contributed by atoms with E-state index in [1.807, 2.05) is 31.8 Å². The molecule has 1 aromatic rings. The normalized spacial score (nSPS) is 20.5. The Morgan fingerprint density at radius 3 is 2.55 bits per heavy atom. The Morgan fingerprint density at radius 1 is 1.32 bits per heavy atom. The van der Waals surface area contributed by atoms with Crippen LogP contribution < -0.4 is 0 Å². The molecule has 1 aromatic heterocycles. The molecule has 1 unspecified atom stereocenters. The van der Waals surface area contributed by atoms with E-state index in [2.05, 4.69) is 4.90 Å². The number of nitrogens with zero attached hydrogens (tertiary/aromatic N) is 2. The SMILES string of the molecule is Cc1cscc1C(=O)N(CCCN(C)C)C1CCS(=O)(=O)C1. The summed E-state index contributed by atoms with van der Waals surface area (Å²) in [6.45, 7) is 3.41. The van der Waals surface area contributed by atoms with Crippen molar-refractivity contribution in [1.29, 1.82) is 0 Å². The lowest BCUT2D eigenvalue weighted by molar-refractivity contribution is 0.0690. The summed E-state index contributed by atoms with van der Waals surface area (Å²) in [5, 5.41) is 3.82. The zero-order valence-electron chi connectivity index (χ0n) is 13.4. The van der Waals surface area contributed by atoms with E-state index < -0.39 is 9.84 Å². The summed E-state index contributed by atoms with van der Waals surface area (Å²) in [5.74, 6) is 0.265. The van der Waals surface area contributed by atoms with Crippen LogP contribution in [0.15, 0.2) is 10.8 Å². The minimum Gasteiger partial charge on any atom is -0.335 e. The molecule has 0 bridgehead atoms. The molecule has 5 nitrogen and oxygen atoms in total. The van der Waals surface area contributed by atoms with Crippen molar-refractivity contribution < 1.29 is 13.2 Å². The second kappa shape index (κ2) is 7.10. The van der Waals surface area contributed by atoms with Crippen molar-refractivity contribution >= 4 is 27.1 Å². The first-order chi connectivity index (χ1) is 10.3. The summed E-state index contributed by atoms with van der Waals surface area (Å²) < 4.78 is 23.5. The predicted molar refractivity (Wildman–Crippen MR) is 90.3 cm³/mol. The van der Waals surface area contributed by atoms with Gasteiger partial charge < -0.3 is 9.80 Å². The van der Waals surface area contributed by atoms with Gasteiger partial charge in [-0.25, -0.2) is 8.42 Å². The van der Waals surface area contributed by atoms with Crippen LogP contribution in [0.2, 0.25) is 0 Å². The van der Waals surface area contributed by atoms with Crippen LogP contribution in [0.25, 0.3) is 0 Å². The highest BCUT2D eigenvalue weighted by molar-refractivity contribution is 7.91. The molecule has 2 rings (SSSR count). The van der Waals surface area contributed by atoms with Crippen LogP contribution in [-0.2, 0) is 9.84 Å². The monoisotopic (exact) mass is 344 g/mol. The van der Waals surface area contributed by atoms with Gasteiger partial charge in [0.25, 0.3) is 5.91 Å². The standard InChI is InChI=1S/C15H24N2O3S2/c1-12-9-21-10-14(12)15(18)17(7-4-6-16(2)3)13-5-8-22(19,20)11-13/h9-10,13H,4-8,11H2,1-3H3. The first-order valence-corrected chi connectivity index (χ1v) is 10.3. The Balaban J connectivity index is 2.14. The van der Waals surface area contributed by atoms with Gasteiger partial charge >= 0.3 is 0 Å². The fourth-order valence-corrected chi connectivity index (χ4v) is 5.32. The molecule has 0 N–H and O–H groups in total. The number of thiophene rings is 1. The highest BCUT2D eigenvalue weighted by Crippen LogP contribution is 2.23. The molecule has 1 aliphatic rings. The topological polar surface area (TPSA) is 57.7 Å². The van der Waals surface area contributed by atoms with E-state index in [1.165, 1.54) is 11.3 Å². The van der Waals surface area contributed by atoms with Gasteiger partial charge in [0, 0.05) is 18.0 Å². The second-order valence-corrected chi connectivity index (χ2v) is 9.15. The summed E-state index contributed by atoms with van der Waals surface area (Å²) in [6, 6.07) is -0.182. The number of carbonyl (C=O) groups is 1. The van der Waals surface area contributed by atoms with Gasteiger partial charge in [0.05, 0.1) is 17.1 Å². The number of hydrogen-bond donors (Lipinski definition) is 0.